The molecule has 1 aromatic carbocycles. The van der Waals surface area contributed by atoms with Gasteiger partial charge in [0.2, 0.25) is 0 Å². The van der Waals surface area contributed by atoms with Gasteiger partial charge in [-0.2, -0.15) is 0 Å². The minimum Gasteiger partial charge on any atom is -0.457 e. The van der Waals surface area contributed by atoms with Gasteiger partial charge in [-0.05, 0) is 67.1 Å². The number of hydrogen-bond acceptors (Lipinski definition) is 2. The van der Waals surface area contributed by atoms with E-state index in [1.54, 1.807) is 6.08 Å². The summed E-state index contributed by atoms with van der Waals surface area (Å²) < 4.78 is 6.30. The zero-order valence-electron chi connectivity index (χ0n) is 9.66. The van der Waals surface area contributed by atoms with E-state index in [-0.39, 0.29) is 5.97 Å². The van der Waals surface area contributed by atoms with Crippen molar-refractivity contribution in [3.05, 3.63) is 39.5 Å². The molecular weight excluding hydrogens is 315 g/mol. The van der Waals surface area contributed by atoms with Crippen molar-refractivity contribution in [1.29, 1.82) is 0 Å². The minimum absolute atomic E-state index is 0.314. The van der Waals surface area contributed by atoms with Gasteiger partial charge in [0.1, 0.15) is 5.60 Å². The molecule has 0 fully saturated rings. The van der Waals surface area contributed by atoms with Crippen LogP contribution in [0, 0.1) is 3.57 Å². The van der Waals surface area contributed by atoms with E-state index < -0.39 is 5.60 Å². The first-order valence-corrected chi connectivity index (χ1v) is 6.11. The molecule has 0 heterocycles. The number of hydrogen-bond donors (Lipinski definition) is 0. The van der Waals surface area contributed by atoms with Gasteiger partial charge >= 0.3 is 5.97 Å². The van der Waals surface area contributed by atoms with Crippen LogP contribution in [-0.4, -0.2) is 11.6 Å². The van der Waals surface area contributed by atoms with Crippen LogP contribution in [0.4, 0.5) is 0 Å². The molecule has 0 unspecified atom stereocenters. The summed E-state index contributed by atoms with van der Waals surface area (Å²) in [5, 5.41) is 0. The first-order chi connectivity index (χ1) is 7.37. The molecule has 0 bridgehead atoms. The number of benzene rings is 1. The van der Waals surface area contributed by atoms with Gasteiger partial charge in [0, 0.05) is 9.65 Å². The molecule has 1 aromatic rings. The number of carbonyl (C=O) groups is 1. The van der Waals surface area contributed by atoms with E-state index >= 15 is 0 Å². The summed E-state index contributed by atoms with van der Waals surface area (Å²) in [5.74, 6) is -0.314. The zero-order chi connectivity index (χ0) is 12.2. The van der Waals surface area contributed by atoms with Crippen molar-refractivity contribution < 1.29 is 9.53 Å². The second-order valence-corrected chi connectivity index (χ2v) is 5.67. The van der Waals surface area contributed by atoms with Crippen LogP contribution in [0.3, 0.4) is 0 Å². The fourth-order valence-electron chi connectivity index (χ4n) is 1.11. The lowest BCUT2D eigenvalue weighted by Crippen LogP contribution is -2.22. The molecule has 0 aromatic heterocycles. The highest BCUT2D eigenvalue weighted by Gasteiger charge is 2.13. The molecule has 16 heavy (non-hydrogen) atoms. The highest BCUT2D eigenvalue weighted by molar-refractivity contribution is 14.1. The monoisotopic (exact) mass is 330 g/mol. The number of halogens is 1. The van der Waals surface area contributed by atoms with Gasteiger partial charge in [-0.15, -0.1) is 0 Å². The maximum atomic E-state index is 11.4. The smallest absolute Gasteiger partial charge is 0.331 e. The molecule has 0 saturated carbocycles. The van der Waals surface area contributed by atoms with E-state index in [1.807, 2.05) is 45.0 Å². The first kappa shape index (κ1) is 13.2. The molecule has 86 valence electrons. The Labute approximate surface area is 110 Å². The second kappa shape index (κ2) is 5.48. The van der Waals surface area contributed by atoms with Crippen LogP contribution in [0.5, 0.6) is 0 Å². The third-order valence-corrected chi connectivity index (χ3v) is 2.34. The zero-order valence-corrected chi connectivity index (χ0v) is 11.8. The average molecular weight is 330 g/mol. The van der Waals surface area contributed by atoms with Crippen molar-refractivity contribution >= 4 is 34.6 Å². The quantitative estimate of drug-likeness (QED) is 0.470. The molecule has 0 amide bonds. The Balaban J connectivity index is 2.64. The third kappa shape index (κ3) is 5.30. The Bertz CT molecular complexity index is 403. The van der Waals surface area contributed by atoms with Crippen LogP contribution in [0.2, 0.25) is 0 Å². The summed E-state index contributed by atoms with van der Waals surface area (Å²) >= 11 is 2.23. The Morgan fingerprint density at radius 2 is 2.06 bits per heavy atom. The maximum Gasteiger partial charge on any atom is 0.331 e. The molecule has 0 spiro atoms. The molecule has 2 nitrogen and oxygen atoms in total. The second-order valence-electron chi connectivity index (χ2n) is 4.42. The van der Waals surface area contributed by atoms with Gasteiger partial charge in [-0.3, -0.25) is 0 Å². The Morgan fingerprint density at radius 3 is 2.62 bits per heavy atom. The van der Waals surface area contributed by atoms with Gasteiger partial charge in [0.15, 0.2) is 0 Å². The lowest BCUT2D eigenvalue weighted by molar-refractivity contribution is -0.148. The van der Waals surface area contributed by atoms with Gasteiger partial charge in [0.05, 0.1) is 0 Å². The summed E-state index contributed by atoms with van der Waals surface area (Å²) in [7, 11) is 0. The van der Waals surface area contributed by atoms with E-state index in [1.165, 1.54) is 6.08 Å². The predicted octanol–water partition coefficient (Wildman–Crippen LogP) is 3.65. The molecular formula is C13H15IO2. The van der Waals surface area contributed by atoms with Gasteiger partial charge in [0.25, 0.3) is 0 Å². The fourth-order valence-corrected chi connectivity index (χ4v) is 1.68. The number of esters is 1. The van der Waals surface area contributed by atoms with Crippen LogP contribution in [0.1, 0.15) is 26.3 Å². The molecule has 0 radical (unpaired) electrons. The van der Waals surface area contributed by atoms with Crippen molar-refractivity contribution in [2.45, 2.75) is 26.4 Å². The van der Waals surface area contributed by atoms with Crippen molar-refractivity contribution in [1.82, 2.24) is 0 Å². The number of ether oxygens (including phenoxy) is 1. The van der Waals surface area contributed by atoms with Crippen LogP contribution in [0.15, 0.2) is 30.3 Å². The van der Waals surface area contributed by atoms with E-state index in [4.69, 9.17) is 4.74 Å². The van der Waals surface area contributed by atoms with Gasteiger partial charge < -0.3 is 4.74 Å². The van der Waals surface area contributed by atoms with Gasteiger partial charge in [-0.1, -0.05) is 12.1 Å². The lowest BCUT2D eigenvalue weighted by Gasteiger charge is -2.17. The van der Waals surface area contributed by atoms with Crippen LogP contribution in [-0.2, 0) is 9.53 Å². The summed E-state index contributed by atoms with van der Waals surface area (Å²) in [5.41, 5.74) is 0.560. The van der Waals surface area contributed by atoms with Crippen molar-refractivity contribution in [3.8, 4) is 0 Å². The first-order valence-electron chi connectivity index (χ1n) is 5.03. The predicted molar refractivity (Wildman–Crippen MR) is 74.0 cm³/mol. The topological polar surface area (TPSA) is 26.3 Å². The summed E-state index contributed by atoms with van der Waals surface area (Å²) in [6.45, 7) is 5.55. The Morgan fingerprint density at radius 1 is 1.38 bits per heavy atom. The van der Waals surface area contributed by atoms with Crippen LogP contribution < -0.4 is 0 Å². The van der Waals surface area contributed by atoms with Crippen molar-refractivity contribution in [3.63, 3.8) is 0 Å². The van der Waals surface area contributed by atoms with Crippen LogP contribution in [0.25, 0.3) is 6.08 Å². The molecule has 3 heteroatoms. The van der Waals surface area contributed by atoms with Crippen molar-refractivity contribution in [2.75, 3.05) is 0 Å². The lowest BCUT2D eigenvalue weighted by atomic mass is 10.2. The van der Waals surface area contributed by atoms with Crippen molar-refractivity contribution in [2.24, 2.45) is 0 Å². The fraction of sp³-hybridized carbons (Fsp3) is 0.308. The van der Waals surface area contributed by atoms with Crippen LogP contribution >= 0.6 is 22.6 Å². The number of rotatable bonds is 2. The molecule has 1 rings (SSSR count). The average Bonchev–Trinajstić information content (AvgIpc) is 2.12. The van der Waals surface area contributed by atoms with E-state index in [9.17, 15) is 4.79 Å². The Kier molecular flexibility index (Phi) is 4.53. The van der Waals surface area contributed by atoms with E-state index in [0.29, 0.717) is 0 Å². The largest absolute Gasteiger partial charge is 0.457 e. The minimum atomic E-state index is -0.438. The highest BCUT2D eigenvalue weighted by atomic mass is 127. The Hall–Kier alpha value is -0.840. The SMILES string of the molecule is CC(C)(C)OC(=O)/C=C/c1cccc(I)c1. The summed E-state index contributed by atoms with van der Waals surface area (Å²) in [6, 6.07) is 7.91. The van der Waals surface area contributed by atoms with E-state index in [2.05, 4.69) is 22.6 Å². The standard InChI is InChI=1S/C13H15IO2/c1-13(2,3)16-12(15)8-7-10-5-4-6-11(14)9-10/h4-9H,1-3H3/b8-7+. The molecule has 0 atom stereocenters. The van der Waals surface area contributed by atoms with Gasteiger partial charge in [-0.25, -0.2) is 4.79 Å². The third-order valence-electron chi connectivity index (χ3n) is 1.67. The maximum absolute atomic E-state index is 11.4. The summed E-state index contributed by atoms with van der Waals surface area (Å²) in [4.78, 5) is 11.4. The number of carbonyl (C=O) groups excluding carboxylic acids is 1. The molecule has 0 N–H and O–H groups in total. The highest BCUT2D eigenvalue weighted by Crippen LogP contribution is 2.11. The molecule has 0 aliphatic carbocycles. The van der Waals surface area contributed by atoms with E-state index in [0.717, 1.165) is 9.13 Å². The normalized spacial score (nSPS) is 11.8. The summed E-state index contributed by atoms with van der Waals surface area (Å²) in [6.07, 6.45) is 3.22. The molecule has 0 aliphatic heterocycles. The molecule has 0 saturated heterocycles. The molecule has 0 aliphatic rings.